The van der Waals surface area contributed by atoms with E-state index < -0.39 is 34.1 Å². The number of sulfonamides is 1. The van der Waals surface area contributed by atoms with Crippen LogP contribution in [0.3, 0.4) is 0 Å². The zero-order valence-electron chi connectivity index (χ0n) is 23.2. The molecule has 0 saturated heterocycles. The molecule has 39 heavy (non-hydrogen) atoms. The first kappa shape index (κ1) is 30.2. The van der Waals surface area contributed by atoms with Gasteiger partial charge in [-0.2, -0.15) is 0 Å². The maximum atomic E-state index is 14.0. The van der Waals surface area contributed by atoms with Gasteiger partial charge >= 0.3 is 0 Å². The second-order valence-corrected chi connectivity index (χ2v) is 13.0. The summed E-state index contributed by atoms with van der Waals surface area (Å²) in [6.07, 6.45) is 0. The van der Waals surface area contributed by atoms with Gasteiger partial charge in [0.2, 0.25) is 11.8 Å². The number of rotatable bonds is 9. The number of nitrogens with one attached hydrogen (secondary N) is 1. The molecule has 0 saturated carbocycles. The number of anilines is 1. The fourth-order valence-electron chi connectivity index (χ4n) is 4.06. The molecule has 2 amide bonds. The zero-order valence-corrected chi connectivity index (χ0v) is 24.8. The van der Waals surface area contributed by atoms with Crippen LogP contribution >= 0.6 is 11.6 Å². The lowest BCUT2D eigenvalue weighted by molar-refractivity contribution is -0.140. The number of hydrogen-bond donors (Lipinski definition) is 1. The Labute approximate surface area is 236 Å². The zero-order chi connectivity index (χ0) is 29.0. The third-order valence-electron chi connectivity index (χ3n) is 6.18. The van der Waals surface area contributed by atoms with Gasteiger partial charge in [0.15, 0.2) is 0 Å². The molecule has 1 unspecified atom stereocenters. The molecule has 1 atom stereocenters. The van der Waals surface area contributed by atoms with Crippen molar-refractivity contribution in [2.75, 3.05) is 10.8 Å². The van der Waals surface area contributed by atoms with Crippen molar-refractivity contribution in [3.05, 3.63) is 94.5 Å². The Kier molecular flexibility index (Phi) is 9.46. The van der Waals surface area contributed by atoms with Crippen molar-refractivity contribution in [3.63, 3.8) is 0 Å². The van der Waals surface area contributed by atoms with Crippen LogP contribution in [0.4, 0.5) is 5.69 Å². The van der Waals surface area contributed by atoms with Crippen LogP contribution in [0.5, 0.6) is 0 Å². The van der Waals surface area contributed by atoms with E-state index in [4.69, 9.17) is 11.6 Å². The Bertz CT molecular complexity index is 1420. The quantitative estimate of drug-likeness (QED) is 0.369. The fourth-order valence-corrected chi connectivity index (χ4v) is 5.68. The van der Waals surface area contributed by atoms with Gasteiger partial charge in [0.05, 0.1) is 10.6 Å². The van der Waals surface area contributed by atoms with Crippen LogP contribution in [0.25, 0.3) is 0 Å². The average molecular weight is 570 g/mol. The Balaban J connectivity index is 2.06. The Morgan fingerprint density at radius 2 is 1.56 bits per heavy atom. The molecule has 7 nitrogen and oxygen atoms in total. The summed E-state index contributed by atoms with van der Waals surface area (Å²) < 4.78 is 28.9. The van der Waals surface area contributed by atoms with E-state index in [1.807, 2.05) is 39.8 Å². The number of carbonyl (C=O) groups excluding carboxylic acids is 2. The summed E-state index contributed by atoms with van der Waals surface area (Å²) in [7, 11) is -4.11. The molecule has 0 spiro atoms. The summed E-state index contributed by atoms with van der Waals surface area (Å²) in [4.78, 5) is 28.6. The minimum absolute atomic E-state index is 0.0708. The first-order valence-corrected chi connectivity index (χ1v) is 14.5. The first-order chi connectivity index (χ1) is 18.2. The van der Waals surface area contributed by atoms with Gasteiger partial charge in [-0.3, -0.25) is 13.9 Å². The lowest BCUT2D eigenvalue weighted by atomic mass is 10.1. The van der Waals surface area contributed by atoms with Crippen molar-refractivity contribution in [1.29, 1.82) is 0 Å². The van der Waals surface area contributed by atoms with E-state index in [0.717, 1.165) is 15.4 Å². The molecule has 0 radical (unpaired) electrons. The number of halogens is 1. The van der Waals surface area contributed by atoms with Crippen LogP contribution in [-0.4, -0.2) is 43.3 Å². The summed E-state index contributed by atoms with van der Waals surface area (Å²) in [5.74, 6) is -0.851. The second kappa shape index (κ2) is 12.2. The fraction of sp³-hybridized carbons (Fsp3) is 0.333. The Morgan fingerprint density at radius 3 is 2.15 bits per heavy atom. The molecule has 0 aliphatic heterocycles. The monoisotopic (exact) mass is 569 g/mol. The van der Waals surface area contributed by atoms with Crippen LogP contribution in [0, 0.1) is 13.8 Å². The minimum Gasteiger partial charge on any atom is -0.350 e. The molecule has 3 rings (SSSR count). The molecule has 208 valence electrons. The van der Waals surface area contributed by atoms with E-state index in [9.17, 15) is 18.0 Å². The molecule has 0 fully saturated rings. The van der Waals surface area contributed by atoms with Gasteiger partial charge in [-0.1, -0.05) is 54.1 Å². The third-order valence-corrected chi connectivity index (χ3v) is 8.20. The van der Waals surface area contributed by atoms with E-state index in [0.29, 0.717) is 16.3 Å². The van der Waals surface area contributed by atoms with Crippen LogP contribution in [0.1, 0.15) is 44.4 Å². The van der Waals surface area contributed by atoms with Gasteiger partial charge in [0.25, 0.3) is 10.0 Å². The predicted octanol–water partition coefficient (Wildman–Crippen LogP) is 5.48. The smallest absolute Gasteiger partial charge is 0.264 e. The maximum absolute atomic E-state index is 14.0. The first-order valence-electron chi connectivity index (χ1n) is 12.7. The SMILES string of the molecule is Cc1ccc(C)c(N(CC(=O)N(Cc2ccc(Cl)cc2)C(C)C(=O)NC(C)(C)C)S(=O)(=O)c2ccccc2)c1. The largest absolute Gasteiger partial charge is 0.350 e. The van der Waals surface area contributed by atoms with Crippen LogP contribution in [0.2, 0.25) is 5.02 Å². The third kappa shape index (κ3) is 7.83. The normalized spacial score (nSPS) is 12.5. The van der Waals surface area contributed by atoms with E-state index in [1.165, 1.54) is 17.0 Å². The van der Waals surface area contributed by atoms with Crippen molar-refractivity contribution in [2.24, 2.45) is 0 Å². The van der Waals surface area contributed by atoms with Gasteiger partial charge in [0.1, 0.15) is 12.6 Å². The molecule has 0 heterocycles. The molecule has 0 bridgehead atoms. The van der Waals surface area contributed by atoms with Crippen LogP contribution < -0.4 is 9.62 Å². The number of benzene rings is 3. The van der Waals surface area contributed by atoms with E-state index in [2.05, 4.69) is 5.32 Å². The number of aryl methyl sites for hydroxylation is 2. The van der Waals surface area contributed by atoms with E-state index >= 15 is 0 Å². The molecular weight excluding hydrogens is 534 g/mol. The highest BCUT2D eigenvalue weighted by Crippen LogP contribution is 2.28. The molecule has 0 aromatic heterocycles. The molecule has 0 aliphatic rings. The average Bonchev–Trinajstić information content (AvgIpc) is 2.87. The summed E-state index contributed by atoms with van der Waals surface area (Å²) >= 11 is 6.05. The van der Waals surface area contributed by atoms with Gasteiger partial charge < -0.3 is 10.2 Å². The molecule has 3 aromatic carbocycles. The van der Waals surface area contributed by atoms with E-state index in [1.54, 1.807) is 62.4 Å². The number of hydrogen-bond acceptors (Lipinski definition) is 4. The molecule has 1 N–H and O–H groups in total. The highest BCUT2D eigenvalue weighted by atomic mass is 35.5. The van der Waals surface area contributed by atoms with Crippen LogP contribution in [-0.2, 0) is 26.2 Å². The minimum atomic E-state index is -4.11. The molecule has 3 aromatic rings. The number of carbonyl (C=O) groups is 2. The lowest BCUT2D eigenvalue weighted by Crippen LogP contribution is -2.54. The van der Waals surface area contributed by atoms with Crippen molar-refractivity contribution in [3.8, 4) is 0 Å². The molecule has 9 heteroatoms. The summed E-state index contributed by atoms with van der Waals surface area (Å²) in [5.41, 5.74) is 2.21. The molecule has 0 aliphatic carbocycles. The maximum Gasteiger partial charge on any atom is 0.264 e. The highest BCUT2D eigenvalue weighted by Gasteiger charge is 2.33. The Morgan fingerprint density at radius 1 is 0.949 bits per heavy atom. The highest BCUT2D eigenvalue weighted by molar-refractivity contribution is 7.92. The summed E-state index contributed by atoms with van der Waals surface area (Å²) in [5, 5.41) is 3.47. The second-order valence-electron chi connectivity index (χ2n) is 10.7. The number of nitrogens with zero attached hydrogens (tertiary/aromatic N) is 2. The van der Waals surface area contributed by atoms with Crippen molar-refractivity contribution in [1.82, 2.24) is 10.2 Å². The van der Waals surface area contributed by atoms with Gasteiger partial charge in [-0.25, -0.2) is 8.42 Å². The topological polar surface area (TPSA) is 86.8 Å². The number of amides is 2. The Hall–Kier alpha value is -3.36. The summed E-state index contributed by atoms with van der Waals surface area (Å²) in [6, 6.07) is 19.6. The van der Waals surface area contributed by atoms with Gasteiger partial charge in [0, 0.05) is 17.1 Å². The lowest BCUT2D eigenvalue weighted by Gasteiger charge is -2.34. The van der Waals surface area contributed by atoms with E-state index in [-0.39, 0.29) is 17.3 Å². The van der Waals surface area contributed by atoms with Gasteiger partial charge in [-0.15, -0.1) is 0 Å². The van der Waals surface area contributed by atoms with Crippen LogP contribution in [0.15, 0.2) is 77.7 Å². The van der Waals surface area contributed by atoms with Gasteiger partial charge in [-0.05, 0) is 88.6 Å². The predicted molar refractivity (Wildman–Crippen MR) is 156 cm³/mol. The standard InChI is InChI=1S/C30H36ClN3O4S/c1-21-12-13-22(2)27(18-21)34(39(37,38)26-10-8-7-9-11-26)20-28(35)33(19-24-14-16-25(31)17-15-24)23(3)29(36)32-30(4,5)6/h7-18,23H,19-20H2,1-6H3,(H,32,36). The molecular formula is C30H36ClN3O4S. The van der Waals surface area contributed by atoms with Crippen molar-refractivity contribution < 1.29 is 18.0 Å². The summed E-state index contributed by atoms with van der Waals surface area (Å²) in [6.45, 7) is 10.5. The van der Waals surface area contributed by atoms with Crippen molar-refractivity contribution >= 4 is 39.1 Å². The van der Waals surface area contributed by atoms with Crippen molar-refractivity contribution in [2.45, 2.75) is 64.6 Å².